The van der Waals surface area contributed by atoms with Crippen molar-refractivity contribution in [1.82, 2.24) is 16.0 Å². The van der Waals surface area contributed by atoms with Crippen LogP contribution in [-0.4, -0.2) is 36.3 Å². The van der Waals surface area contributed by atoms with Crippen molar-refractivity contribution in [3.63, 3.8) is 0 Å². The zero-order valence-corrected chi connectivity index (χ0v) is 15.6. The summed E-state index contributed by atoms with van der Waals surface area (Å²) in [6, 6.07) is 3.96. The van der Waals surface area contributed by atoms with Crippen molar-refractivity contribution in [1.29, 1.82) is 0 Å². The van der Waals surface area contributed by atoms with E-state index in [1.807, 2.05) is 0 Å². The van der Waals surface area contributed by atoms with Gasteiger partial charge in [-0.05, 0) is 37.0 Å². The molecule has 25 heavy (non-hydrogen) atoms. The predicted molar refractivity (Wildman–Crippen MR) is 96.7 cm³/mol. The van der Waals surface area contributed by atoms with Crippen LogP contribution in [-0.2, 0) is 9.59 Å². The third-order valence-corrected chi connectivity index (χ3v) is 4.32. The summed E-state index contributed by atoms with van der Waals surface area (Å²) in [7, 11) is 0. The van der Waals surface area contributed by atoms with Gasteiger partial charge in [0.2, 0.25) is 11.8 Å². The normalized spacial score (nSPS) is 14.8. The lowest BCUT2D eigenvalue weighted by atomic mass is 10.0. The minimum atomic E-state index is -0.784. The molecule has 1 aliphatic carbocycles. The van der Waals surface area contributed by atoms with E-state index in [2.05, 4.69) is 16.0 Å². The summed E-state index contributed by atoms with van der Waals surface area (Å²) in [4.78, 5) is 36.4. The maximum atomic E-state index is 12.4. The summed E-state index contributed by atoms with van der Waals surface area (Å²) in [5, 5.41) is 8.63. The van der Waals surface area contributed by atoms with Crippen LogP contribution in [0.15, 0.2) is 18.2 Å². The van der Waals surface area contributed by atoms with Gasteiger partial charge in [-0.1, -0.05) is 37.0 Å². The summed E-state index contributed by atoms with van der Waals surface area (Å²) >= 11 is 11.8. The van der Waals surface area contributed by atoms with Crippen LogP contribution in [0.1, 0.15) is 37.0 Å². The molecule has 0 radical (unpaired) electrons. The Kier molecular flexibility index (Phi) is 6.67. The Morgan fingerprint density at radius 1 is 1.20 bits per heavy atom. The quantitative estimate of drug-likeness (QED) is 0.671. The molecule has 1 aliphatic rings. The number of nitrogens with one attached hydrogen (secondary N) is 3. The molecule has 0 unspecified atom stereocenters. The number of hydrogen-bond donors (Lipinski definition) is 3. The van der Waals surface area contributed by atoms with Gasteiger partial charge in [-0.25, -0.2) is 0 Å². The lowest BCUT2D eigenvalue weighted by molar-refractivity contribution is -0.127. The maximum Gasteiger partial charge on any atom is 0.253 e. The van der Waals surface area contributed by atoms with Gasteiger partial charge in [0.1, 0.15) is 6.04 Å². The third kappa shape index (κ3) is 5.90. The molecule has 2 rings (SSSR count). The monoisotopic (exact) mass is 385 g/mol. The van der Waals surface area contributed by atoms with Crippen LogP contribution in [0.25, 0.3) is 0 Å². The molecule has 1 aromatic rings. The molecule has 1 atom stereocenters. The van der Waals surface area contributed by atoms with Crippen molar-refractivity contribution in [2.45, 2.75) is 38.8 Å². The van der Waals surface area contributed by atoms with E-state index in [9.17, 15) is 14.4 Å². The smallest absolute Gasteiger partial charge is 0.253 e. The number of carbonyl (C=O) groups excluding carboxylic acids is 3. The van der Waals surface area contributed by atoms with E-state index in [1.165, 1.54) is 12.1 Å². The molecule has 0 heterocycles. The van der Waals surface area contributed by atoms with Gasteiger partial charge in [-0.15, -0.1) is 0 Å². The molecule has 1 saturated carbocycles. The van der Waals surface area contributed by atoms with Crippen molar-refractivity contribution in [2.75, 3.05) is 6.54 Å². The van der Waals surface area contributed by atoms with Crippen molar-refractivity contribution < 1.29 is 14.4 Å². The predicted octanol–water partition coefficient (Wildman–Crippen LogP) is 2.14. The molecule has 136 valence electrons. The Morgan fingerprint density at radius 3 is 2.44 bits per heavy atom. The summed E-state index contributed by atoms with van der Waals surface area (Å²) in [6.07, 6.45) is 1.96. The number of rotatable bonds is 7. The van der Waals surface area contributed by atoms with Crippen LogP contribution in [0.4, 0.5) is 0 Å². The van der Waals surface area contributed by atoms with Crippen LogP contribution >= 0.6 is 23.2 Å². The third-order valence-electron chi connectivity index (χ3n) is 3.78. The van der Waals surface area contributed by atoms with Gasteiger partial charge in [0, 0.05) is 11.1 Å². The molecule has 0 spiro atoms. The average molecular weight is 386 g/mol. The van der Waals surface area contributed by atoms with Crippen LogP contribution in [0, 0.1) is 5.92 Å². The van der Waals surface area contributed by atoms with Gasteiger partial charge in [0.05, 0.1) is 17.1 Å². The first-order chi connectivity index (χ1) is 11.8. The molecule has 1 aromatic carbocycles. The van der Waals surface area contributed by atoms with Crippen molar-refractivity contribution in [3.05, 3.63) is 33.8 Å². The molecule has 0 bridgehead atoms. The van der Waals surface area contributed by atoms with Gasteiger partial charge in [-0.2, -0.15) is 0 Å². The summed E-state index contributed by atoms with van der Waals surface area (Å²) in [5.74, 6) is -1.29. The zero-order chi connectivity index (χ0) is 18.6. The van der Waals surface area contributed by atoms with Crippen molar-refractivity contribution in [2.24, 2.45) is 5.92 Å². The second-order valence-corrected chi connectivity index (χ2v) is 7.22. The van der Waals surface area contributed by atoms with Crippen LogP contribution in [0.5, 0.6) is 0 Å². The Bertz CT molecular complexity index is 675. The first kappa shape index (κ1) is 19.5. The van der Waals surface area contributed by atoms with E-state index in [1.54, 1.807) is 19.9 Å². The molecule has 0 aromatic heterocycles. The fourth-order valence-corrected chi connectivity index (χ4v) is 2.71. The van der Waals surface area contributed by atoms with E-state index in [4.69, 9.17) is 23.2 Å². The highest BCUT2D eigenvalue weighted by Gasteiger charge is 2.27. The summed E-state index contributed by atoms with van der Waals surface area (Å²) < 4.78 is 0. The number of halogens is 2. The zero-order valence-electron chi connectivity index (χ0n) is 14.1. The lowest BCUT2D eigenvalue weighted by Gasteiger charge is -2.22. The Hall–Kier alpha value is -1.79. The second kappa shape index (κ2) is 8.54. The minimum Gasteiger partial charge on any atom is -0.352 e. The molecule has 0 saturated heterocycles. The van der Waals surface area contributed by atoms with E-state index in [0.29, 0.717) is 5.02 Å². The van der Waals surface area contributed by atoms with Gasteiger partial charge in [0.25, 0.3) is 5.91 Å². The standard InChI is InChI=1S/C17H21Cl2N3O3/c1-9(2)15(17(25)20-8-14(23)21-11-4-5-11)22-16(24)12-6-3-10(18)7-13(12)19/h3,6-7,9,11,15H,4-5,8H2,1-2H3,(H,20,25)(H,21,23)(H,22,24)/t15-/m0/s1. The van der Waals surface area contributed by atoms with Crippen molar-refractivity contribution >= 4 is 40.9 Å². The highest BCUT2D eigenvalue weighted by atomic mass is 35.5. The summed E-state index contributed by atoms with van der Waals surface area (Å²) in [5.41, 5.74) is 0.232. The average Bonchev–Trinajstić information content (AvgIpc) is 3.33. The molecular weight excluding hydrogens is 365 g/mol. The lowest BCUT2D eigenvalue weighted by Crippen LogP contribution is -2.51. The van der Waals surface area contributed by atoms with Gasteiger partial charge in [-0.3, -0.25) is 14.4 Å². The van der Waals surface area contributed by atoms with Crippen molar-refractivity contribution in [3.8, 4) is 0 Å². The fraction of sp³-hybridized carbons (Fsp3) is 0.471. The van der Waals surface area contributed by atoms with Gasteiger partial charge >= 0.3 is 0 Å². The Morgan fingerprint density at radius 2 is 1.88 bits per heavy atom. The first-order valence-corrected chi connectivity index (χ1v) is 8.86. The SMILES string of the molecule is CC(C)[C@H](NC(=O)c1ccc(Cl)cc1Cl)C(=O)NCC(=O)NC1CC1. The highest BCUT2D eigenvalue weighted by molar-refractivity contribution is 6.36. The number of benzene rings is 1. The topological polar surface area (TPSA) is 87.3 Å². The van der Waals surface area contributed by atoms with E-state index in [0.717, 1.165) is 12.8 Å². The van der Waals surface area contributed by atoms with Gasteiger partial charge < -0.3 is 16.0 Å². The van der Waals surface area contributed by atoms with Gasteiger partial charge in [0.15, 0.2) is 0 Å². The van der Waals surface area contributed by atoms with Crippen LogP contribution in [0.3, 0.4) is 0 Å². The fourth-order valence-electron chi connectivity index (χ4n) is 2.21. The molecule has 3 amide bonds. The molecule has 3 N–H and O–H groups in total. The Labute approximate surface area is 156 Å². The molecule has 1 fully saturated rings. The number of hydrogen-bond acceptors (Lipinski definition) is 3. The molecule has 0 aliphatic heterocycles. The minimum absolute atomic E-state index is 0.115. The Balaban J connectivity index is 1.95. The van der Waals surface area contributed by atoms with E-state index in [-0.39, 0.29) is 35.0 Å². The van der Waals surface area contributed by atoms with E-state index >= 15 is 0 Å². The molecular formula is C17H21Cl2N3O3. The largest absolute Gasteiger partial charge is 0.352 e. The van der Waals surface area contributed by atoms with Crippen LogP contribution < -0.4 is 16.0 Å². The number of amides is 3. The first-order valence-electron chi connectivity index (χ1n) is 8.11. The molecule has 8 heteroatoms. The number of carbonyl (C=O) groups is 3. The second-order valence-electron chi connectivity index (χ2n) is 6.38. The highest BCUT2D eigenvalue weighted by Crippen LogP contribution is 2.21. The maximum absolute atomic E-state index is 12.4. The summed E-state index contributed by atoms with van der Waals surface area (Å²) in [6.45, 7) is 3.49. The molecule has 6 nitrogen and oxygen atoms in total. The van der Waals surface area contributed by atoms with E-state index < -0.39 is 17.9 Å². The van der Waals surface area contributed by atoms with Crippen LogP contribution in [0.2, 0.25) is 10.0 Å².